The third-order valence-electron chi connectivity index (χ3n) is 7.99. The third-order valence-corrected chi connectivity index (χ3v) is 8.52. The first-order valence-electron chi connectivity index (χ1n) is 13.0. The van der Waals surface area contributed by atoms with E-state index in [1.165, 1.54) is 0 Å². The van der Waals surface area contributed by atoms with Crippen LogP contribution in [0.4, 0.5) is 4.79 Å². The molecule has 2 saturated heterocycles. The Hall–Kier alpha value is -2.64. The zero-order valence-electron chi connectivity index (χ0n) is 21.2. The summed E-state index contributed by atoms with van der Waals surface area (Å²) in [7, 11) is 0. The smallest absolute Gasteiger partial charge is 0.328 e. The zero-order chi connectivity index (χ0) is 25.1. The Kier molecular flexibility index (Phi) is 7.49. The Bertz CT molecular complexity index is 1220. The number of halogens is 1. The molecule has 2 aliphatic rings. The molecule has 0 radical (unpaired) electrons. The number of oxime groups is 1. The first-order valence-corrected chi connectivity index (χ1v) is 13.8. The summed E-state index contributed by atoms with van der Waals surface area (Å²) in [4.78, 5) is 23.4. The van der Waals surface area contributed by atoms with Gasteiger partial charge in [-0.05, 0) is 82.4 Å². The van der Waals surface area contributed by atoms with Gasteiger partial charge in [0.1, 0.15) is 6.61 Å². The predicted octanol–water partition coefficient (Wildman–Crippen LogP) is 6.38. The van der Waals surface area contributed by atoms with Crippen molar-refractivity contribution in [2.75, 3.05) is 32.8 Å². The second kappa shape index (κ2) is 10.8. The number of piperidine rings is 2. The summed E-state index contributed by atoms with van der Waals surface area (Å²) < 4.78 is 2.87. The van der Waals surface area contributed by atoms with Crippen molar-refractivity contribution in [3.8, 4) is 0 Å². The van der Waals surface area contributed by atoms with Crippen LogP contribution in [0.1, 0.15) is 45.1 Å². The zero-order valence-corrected chi connectivity index (χ0v) is 22.8. The van der Waals surface area contributed by atoms with Crippen LogP contribution in [0.3, 0.4) is 0 Å². The Morgan fingerprint density at radius 1 is 1.03 bits per heavy atom. The molecule has 0 aliphatic carbocycles. The highest BCUT2D eigenvalue weighted by Gasteiger charge is 2.39. The minimum atomic E-state index is 0.0863. The molecular weight excluding hydrogens is 516 g/mol. The normalized spacial score (nSPS) is 19.5. The number of para-hydroxylation sites is 1. The number of carbonyl (C=O) groups is 1. The predicted molar refractivity (Wildman–Crippen MR) is 149 cm³/mol. The van der Waals surface area contributed by atoms with Crippen molar-refractivity contribution in [3.05, 3.63) is 70.8 Å². The highest BCUT2D eigenvalue weighted by Crippen LogP contribution is 2.34. The summed E-state index contributed by atoms with van der Waals surface area (Å²) in [5.41, 5.74) is 3.30. The van der Waals surface area contributed by atoms with Crippen LogP contribution in [0.5, 0.6) is 0 Å². The molecule has 2 fully saturated rings. The molecule has 1 aromatic heterocycles. The first-order chi connectivity index (χ1) is 17.5. The summed E-state index contributed by atoms with van der Waals surface area (Å²) in [6, 6.07) is 18.6. The van der Waals surface area contributed by atoms with E-state index in [1.54, 1.807) is 4.57 Å². The van der Waals surface area contributed by atoms with Gasteiger partial charge in [-0.1, -0.05) is 51.4 Å². The van der Waals surface area contributed by atoms with E-state index in [4.69, 9.17) is 4.84 Å². The minimum Gasteiger partial charge on any atom is -0.396 e. The number of nitrogens with zero attached hydrogens (tertiary/aromatic N) is 4. The molecule has 0 unspecified atom stereocenters. The molecule has 5 rings (SSSR count). The van der Waals surface area contributed by atoms with Gasteiger partial charge in [0.05, 0.1) is 11.2 Å². The Labute approximate surface area is 222 Å². The van der Waals surface area contributed by atoms with Crippen molar-refractivity contribution in [3.63, 3.8) is 0 Å². The lowest BCUT2D eigenvalue weighted by Crippen LogP contribution is -2.57. The van der Waals surface area contributed by atoms with E-state index in [0.29, 0.717) is 12.5 Å². The molecule has 1 amide bonds. The minimum absolute atomic E-state index is 0.0863. The van der Waals surface area contributed by atoms with Gasteiger partial charge in [-0.3, -0.25) is 9.47 Å². The van der Waals surface area contributed by atoms with Crippen LogP contribution in [-0.4, -0.2) is 64.4 Å². The number of amides is 1. The quantitative estimate of drug-likeness (QED) is 0.273. The van der Waals surface area contributed by atoms with E-state index in [-0.39, 0.29) is 11.6 Å². The number of carbonyl (C=O) groups excluding carboxylic acids is 1. The van der Waals surface area contributed by atoms with Crippen molar-refractivity contribution < 1.29 is 9.63 Å². The standard InChI is InChI=1S/C29H35BrN4O2/c1-3-36-31-27(23-8-10-25(30)11-9-23)24-12-17-33(18-13-24)29(2)15-20-32(21-16-29)28(35)34-19-14-22-6-4-5-7-26(22)34/h4-11,14,19,24H,3,12-13,15-18,20-21H2,1-2H3. The molecule has 0 bridgehead atoms. The van der Waals surface area contributed by atoms with Gasteiger partial charge in [0.15, 0.2) is 0 Å². The highest BCUT2D eigenvalue weighted by atomic mass is 79.9. The highest BCUT2D eigenvalue weighted by molar-refractivity contribution is 9.10. The van der Waals surface area contributed by atoms with Gasteiger partial charge in [0, 0.05) is 40.6 Å². The molecule has 0 spiro atoms. The molecule has 2 aromatic carbocycles. The molecule has 3 heterocycles. The van der Waals surface area contributed by atoms with E-state index in [2.05, 4.69) is 63.2 Å². The van der Waals surface area contributed by atoms with Gasteiger partial charge in [-0.15, -0.1) is 0 Å². The largest absolute Gasteiger partial charge is 0.396 e. The fraction of sp³-hybridized carbons (Fsp3) is 0.448. The maximum atomic E-state index is 13.3. The lowest BCUT2D eigenvalue weighted by Gasteiger charge is -2.49. The molecule has 190 valence electrons. The van der Waals surface area contributed by atoms with Crippen LogP contribution in [0.15, 0.2) is 70.4 Å². The van der Waals surface area contributed by atoms with Crippen LogP contribution in [-0.2, 0) is 4.84 Å². The van der Waals surface area contributed by atoms with Crippen LogP contribution >= 0.6 is 15.9 Å². The van der Waals surface area contributed by atoms with E-state index in [9.17, 15) is 4.79 Å². The summed E-state index contributed by atoms with van der Waals surface area (Å²) in [6.07, 6.45) is 6.02. The lowest BCUT2D eigenvalue weighted by atomic mass is 9.82. The third kappa shape index (κ3) is 5.09. The molecular formula is C29H35BrN4O2. The average molecular weight is 552 g/mol. The number of rotatable bonds is 5. The van der Waals surface area contributed by atoms with Gasteiger partial charge >= 0.3 is 6.03 Å². The van der Waals surface area contributed by atoms with E-state index < -0.39 is 0 Å². The Morgan fingerprint density at radius 3 is 2.42 bits per heavy atom. The molecule has 3 aromatic rings. The van der Waals surface area contributed by atoms with Crippen molar-refractivity contribution in [1.82, 2.24) is 14.4 Å². The number of benzene rings is 2. The maximum Gasteiger partial charge on any atom is 0.328 e. The SMILES string of the molecule is CCON=C(c1ccc(Br)cc1)C1CCN(C2(C)CCN(C(=O)n3ccc4ccccc43)CC2)CC1. The average Bonchev–Trinajstić information content (AvgIpc) is 3.34. The Balaban J connectivity index is 1.20. The van der Waals surface area contributed by atoms with Gasteiger partial charge < -0.3 is 9.74 Å². The molecule has 0 N–H and O–H groups in total. The molecule has 36 heavy (non-hydrogen) atoms. The first kappa shape index (κ1) is 25.0. The van der Waals surface area contributed by atoms with E-state index in [1.807, 2.05) is 42.3 Å². The molecule has 6 nitrogen and oxygen atoms in total. The summed E-state index contributed by atoms with van der Waals surface area (Å²) in [5.74, 6) is 0.390. The van der Waals surface area contributed by atoms with Crippen LogP contribution < -0.4 is 0 Å². The topological polar surface area (TPSA) is 50.1 Å². The van der Waals surface area contributed by atoms with E-state index >= 15 is 0 Å². The van der Waals surface area contributed by atoms with Gasteiger partial charge in [-0.2, -0.15) is 0 Å². The lowest BCUT2D eigenvalue weighted by molar-refractivity contribution is 0.0249. The summed E-state index contributed by atoms with van der Waals surface area (Å²) in [5, 5.41) is 5.64. The molecule has 0 atom stereocenters. The van der Waals surface area contributed by atoms with Gasteiger partial charge in [0.25, 0.3) is 0 Å². The summed E-state index contributed by atoms with van der Waals surface area (Å²) >= 11 is 3.53. The fourth-order valence-corrected chi connectivity index (χ4v) is 5.97. The van der Waals surface area contributed by atoms with Crippen molar-refractivity contribution in [2.45, 2.75) is 45.1 Å². The van der Waals surface area contributed by atoms with Crippen LogP contribution in [0.2, 0.25) is 0 Å². The second-order valence-electron chi connectivity index (χ2n) is 10.2. The molecule has 0 saturated carbocycles. The number of likely N-dealkylation sites (tertiary alicyclic amines) is 2. The second-order valence-corrected chi connectivity index (χ2v) is 11.1. The van der Waals surface area contributed by atoms with Crippen LogP contribution in [0, 0.1) is 5.92 Å². The summed E-state index contributed by atoms with van der Waals surface area (Å²) in [6.45, 7) is 8.59. The number of hydrogen-bond donors (Lipinski definition) is 0. The fourth-order valence-electron chi connectivity index (χ4n) is 5.71. The molecule has 2 aliphatic heterocycles. The van der Waals surface area contributed by atoms with Gasteiger partial charge in [0.2, 0.25) is 0 Å². The number of fused-ring (bicyclic) bond motifs is 1. The maximum absolute atomic E-state index is 13.3. The van der Waals surface area contributed by atoms with E-state index in [0.717, 1.165) is 78.5 Å². The van der Waals surface area contributed by atoms with Crippen molar-refractivity contribution in [1.29, 1.82) is 0 Å². The number of hydrogen-bond acceptors (Lipinski definition) is 4. The van der Waals surface area contributed by atoms with Crippen LogP contribution in [0.25, 0.3) is 10.9 Å². The van der Waals surface area contributed by atoms with Crippen molar-refractivity contribution in [2.24, 2.45) is 11.1 Å². The Morgan fingerprint density at radius 2 is 1.72 bits per heavy atom. The molecule has 7 heteroatoms. The number of aromatic nitrogens is 1. The van der Waals surface area contributed by atoms with Crippen molar-refractivity contribution >= 4 is 38.6 Å². The van der Waals surface area contributed by atoms with Gasteiger partial charge in [-0.25, -0.2) is 4.79 Å². The monoisotopic (exact) mass is 550 g/mol.